The molecular formula is C18H21ClN4O2. The molecule has 3 aromatic rings. The molecule has 0 bridgehead atoms. The van der Waals surface area contributed by atoms with E-state index in [1.54, 1.807) is 12.4 Å². The van der Waals surface area contributed by atoms with Crippen LogP contribution in [0.25, 0.3) is 16.7 Å². The Labute approximate surface area is 151 Å². The zero-order valence-electron chi connectivity index (χ0n) is 13.8. The number of halogens is 1. The second-order valence-corrected chi connectivity index (χ2v) is 6.41. The number of hydrogen-bond donors (Lipinski definition) is 2. The Morgan fingerprint density at radius 2 is 1.88 bits per heavy atom. The molecule has 4 rings (SSSR count). The summed E-state index contributed by atoms with van der Waals surface area (Å²) in [5.41, 5.74) is 0.655. The van der Waals surface area contributed by atoms with Crippen LogP contribution in [0.5, 0.6) is 0 Å². The second-order valence-electron chi connectivity index (χ2n) is 6.41. The van der Waals surface area contributed by atoms with Crippen molar-refractivity contribution >= 4 is 23.4 Å². The van der Waals surface area contributed by atoms with Crippen LogP contribution in [-0.2, 0) is 6.54 Å². The van der Waals surface area contributed by atoms with Gasteiger partial charge in [-0.2, -0.15) is 0 Å². The van der Waals surface area contributed by atoms with Crippen molar-refractivity contribution in [2.75, 3.05) is 13.1 Å². The van der Waals surface area contributed by atoms with Gasteiger partial charge in [-0.05, 0) is 44.1 Å². The first-order chi connectivity index (χ1) is 11.7. The third-order valence-electron chi connectivity index (χ3n) is 4.70. The highest BCUT2D eigenvalue weighted by atomic mass is 35.5. The normalized spacial score (nSPS) is 16.5. The molecule has 0 aliphatic carbocycles. The Morgan fingerprint density at radius 1 is 1.16 bits per heavy atom. The van der Waals surface area contributed by atoms with Crippen LogP contribution in [0.1, 0.15) is 12.8 Å². The number of rotatable bonds is 3. The maximum Gasteiger partial charge on any atom is 0.262 e. The number of nitrogens with one attached hydrogen (secondary N) is 1. The maximum atomic E-state index is 12.8. The van der Waals surface area contributed by atoms with Crippen LogP contribution in [0.2, 0.25) is 0 Å². The molecule has 132 valence electrons. The Hall–Kier alpha value is -2.15. The molecule has 25 heavy (non-hydrogen) atoms. The minimum atomic E-state index is -0.841. The number of benzene rings is 1. The molecule has 3 heterocycles. The molecule has 0 radical (unpaired) electrons. The van der Waals surface area contributed by atoms with Gasteiger partial charge in [0.1, 0.15) is 6.33 Å². The van der Waals surface area contributed by atoms with Crippen molar-refractivity contribution in [2.24, 2.45) is 0 Å². The summed E-state index contributed by atoms with van der Waals surface area (Å²) in [5, 5.41) is 14.5. The Balaban J connectivity index is 0.00000182. The average molecular weight is 361 g/mol. The van der Waals surface area contributed by atoms with E-state index in [1.165, 1.54) is 4.57 Å². The minimum Gasteiger partial charge on any atom is -0.388 e. The molecule has 2 N–H and O–H groups in total. The van der Waals surface area contributed by atoms with E-state index in [0.29, 0.717) is 23.9 Å². The van der Waals surface area contributed by atoms with Crippen LogP contribution in [0, 0.1) is 0 Å². The van der Waals surface area contributed by atoms with Crippen LogP contribution in [-0.4, -0.2) is 37.9 Å². The fourth-order valence-electron chi connectivity index (χ4n) is 3.33. The van der Waals surface area contributed by atoms with Crippen molar-refractivity contribution in [3.05, 3.63) is 59.3 Å². The van der Waals surface area contributed by atoms with Crippen LogP contribution in [0.15, 0.2) is 53.7 Å². The predicted octanol–water partition coefficient (Wildman–Crippen LogP) is 1.72. The highest BCUT2D eigenvalue weighted by Gasteiger charge is 2.30. The molecule has 1 aliphatic rings. The zero-order chi connectivity index (χ0) is 16.6. The lowest BCUT2D eigenvalue weighted by atomic mass is 9.92. The van der Waals surface area contributed by atoms with E-state index in [1.807, 2.05) is 41.1 Å². The SMILES string of the molecule is Cl.O=c1c2ccn(-c3ccccc3)c2ncn1CC1(O)CCNCC1. The van der Waals surface area contributed by atoms with E-state index in [9.17, 15) is 9.90 Å². The summed E-state index contributed by atoms with van der Waals surface area (Å²) in [4.78, 5) is 17.2. The lowest BCUT2D eigenvalue weighted by Gasteiger charge is -2.32. The van der Waals surface area contributed by atoms with Crippen molar-refractivity contribution in [2.45, 2.75) is 25.0 Å². The quantitative estimate of drug-likeness (QED) is 0.746. The molecule has 0 atom stereocenters. The van der Waals surface area contributed by atoms with Gasteiger partial charge in [0.05, 0.1) is 17.5 Å². The molecular weight excluding hydrogens is 340 g/mol. The number of aromatic nitrogens is 3. The monoisotopic (exact) mass is 360 g/mol. The van der Waals surface area contributed by atoms with E-state index in [2.05, 4.69) is 10.3 Å². The molecule has 7 heteroatoms. The molecule has 0 spiro atoms. The van der Waals surface area contributed by atoms with Gasteiger partial charge in [0.15, 0.2) is 5.65 Å². The molecule has 0 saturated carbocycles. The summed E-state index contributed by atoms with van der Waals surface area (Å²) < 4.78 is 3.43. The Bertz CT molecular complexity index is 914. The first kappa shape index (κ1) is 17.7. The number of piperidine rings is 1. The standard InChI is InChI=1S/C18H20N4O2.ClH/c23-17-15-6-11-22(14-4-2-1-3-5-14)16(15)20-13-21(17)12-18(24)7-9-19-10-8-18;/h1-6,11,13,19,24H,7-10,12H2;1H. The van der Waals surface area contributed by atoms with E-state index in [-0.39, 0.29) is 24.5 Å². The molecule has 1 aromatic carbocycles. The Kier molecular flexibility index (Phi) is 4.94. The van der Waals surface area contributed by atoms with Gasteiger partial charge in [-0.25, -0.2) is 4.98 Å². The van der Waals surface area contributed by atoms with Crippen molar-refractivity contribution < 1.29 is 5.11 Å². The summed E-state index contributed by atoms with van der Waals surface area (Å²) in [7, 11) is 0. The number of nitrogens with zero attached hydrogens (tertiary/aromatic N) is 3. The summed E-state index contributed by atoms with van der Waals surface area (Å²) >= 11 is 0. The summed E-state index contributed by atoms with van der Waals surface area (Å²) in [6.45, 7) is 1.82. The lowest BCUT2D eigenvalue weighted by Crippen LogP contribution is -2.46. The van der Waals surface area contributed by atoms with E-state index in [4.69, 9.17) is 0 Å². The molecule has 0 amide bonds. The van der Waals surface area contributed by atoms with Gasteiger partial charge >= 0.3 is 0 Å². The van der Waals surface area contributed by atoms with Crippen molar-refractivity contribution in [3.63, 3.8) is 0 Å². The van der Waals surface area contributed by atoms with Gasteiger partial charge in [0, 0.05) is 11.9 Å². The van der Waals surface area contributed by atoms with Gasteiger partial charge in [-0.1, -0.05) is 18.2 Å². The van der Waals surface area contributed by atoms with Crippen molar-refractivity contribution in [1.82, 2.24) is 19.4 Å². The largest absolute Gasteiger partial charge is 0.388 e. The fourth-order valence-corrected chi connectivity index (χ4v) is 3.33. The van der Waals surface area contributed by atoms with E-state index < -0.39 is 5.60 Å². The smallest absolute Gasteiger partial charge is 0.262 e. The van der Waals surface area contributed by atoms with Crippen molar-refractivity contribution in [1.29, 1.82) is 0 Å². The molecule has 1 fully saturated rings. The van der Waals surface area contributed by atoms with Crippen LogP contribution in [0.3, 0.4) is 0 Å². The first-order valence-corrected chi connectivity index (χ1v) is 8.21. The summed E-state index contributed by atoms with van der Waals surface area (Å²) in [5.74, 6) is 0. The van der Waals surface area contributed by atoms with Gasteiger partial charge in [-0.3, -0.25) is 9.36 Å². The van der Waals surface area contributed by atoms with Crippen LogP contribution in [0.4, 0.5) is 0 Å². The number of aliphatic hydroxyl groups is 1. The van der Waals surface area contributed by atoms with Gasteiger partial charge < -0.3 is 15.0 Å². The van der Waals surface area contributed by atoms with Gasteiger partial charge in [-0.15, -0.1) is 12.4 Å². The molecule has 6 nitrogen and oxygen atoms in total. The first-order valence-electron chi connectivity index (χ1n) is 8.21. The summed E-state index contributed by atoms with van der Waals surface area (Å²) in [6.07, 6.45) is 4.69. The number of para-hydroxylation sites is 1. The van der Waals surface area contributed by atoms with Gasteiger partial charge in [0.2, 0.25) is 0 Å². The van der Waals surface area contributed by atoms with Crippen LogP contribution >= 0.6 is 12.4 Å². The third kappa shape index (κ3) is 3.33. The van der Waals surface area contributed by atoms with E-state index in [0.717, 1.165) is 18.8 Å². The molecule has 1 saturated heterocycles. The second kappa shape index (κ2) is 7.00. The van der Waals surface area contributed by atoms with Crippen molar-refractivity contribution in [3.8, 4) is 5.69 Å². The molecule has 1 aliphatic heterocycles. The van der Waals surface area contributed by atoms with E-state index >= 15 is 0 Å². The maximum absolute atomic E-state index is 12.8. The highest BCUT2D eigenvalue weighted by molar-refractivity contribution is 5.85. The molecule has 2 aromatic heterocycles. The summed E-state index contributed by atoms with van der Waals surface area (Å²) in [6, 6.07) is 11.6. The average Bonchev–Trinajstić information content (AvgIpc) is 3.03. The zero-order valence-corrected chi connectivity index (χ0v) is 14.6. The lowest BCUT2D eigenvalue weighted by molar-refractivity contribution is -0.00627. The topological polar surface area (TPSA) is 72.1 Å². The van der Waals surface area contributed by atoms with Crippen LogP contribution < -0.4 is 10.9 Å². The number of fused-ring (bicyclic) bond motifs is 1. The highest BCUT2D eigenvalue weighted by Crippen LogP contribution is 2.20. The molecule has 0 unspecified atom stereocenters. The fraction of sp³-hybridized carbons (Fsp3) is 0.333. The predicted molar refractivity (Wildman–Crippen MR) is 99.6 cm³/mol. The third-order valence-corrected chi connectivity index (χ3v) is 4.70. The Morgan fingerprint density at radius 3 is 2.60 bits per heavy atom. The minimum absolute atomic E-state index is 0. The van der Waals surface area contributed by atoms with Gasteiger partial charge in [0.25, 0.3) is 5.56 Å². The number of hydrogen-bond acceptors (Lipinski definition) is 4.